The highest BCUT2D eigenvalue weighted by molar-refractivity contribution is 9.10. The number of hydrogen-bond acceptors (Lipinski definition) is 3. The van der Waals surface area contributed by atoms with Gasteiger partial charge in [-0.3, -0.25) is 0 Å². The molecule has 1 saturated carbocycles. The molecule has 0 aromatic carbocycles. The normalized spacial score (nSPS) is 16.2. The third-order valence-corrected chi connectivity index (χ3v) is 3.98. The zero-order valence-electron chi connectivity index (χ0n) is 10.4. The summed E-state index contributed by atoms with van der Waals surface area (Å²) in [6.07, 6.45) is 2.75. The van der Waals surface area contributed by atoms with Crippen molar-refractivity contribution < 1.29 is 9.90 Å². The molecule has 0 spiro atoms. The molecule has 0 aliphatic heterocycles. The van der Waals surface area contributed by atoms with Crippen molar-refractivity contribution in [3.63, 3.8) is 0 Å². The molecule has 98 valence electrons. The van der Waals surface area contributed by atoms with Crippen LogP contribution in [0.1, 0.15) is 12.8 Å². The molecule has 0 unspecified atom stereocenters. The fourth-order valence-corrected chi connectivity index (χ4v) is 2.31. The minimum absolute atomic E-state index is 0.229. The first-order valence-electron chi connectivity index (χ1n) is 5.74. The molecule has 1 aliphatic rings. The van der Waals surface area contributed by atoms with Crippen molar-refractivity contribution in [2.75, 3.05) is 25.5 Å². The fourth-order valence-electron chi connectivity index (χ4n) is 2.07. The molecule has 1 aromatic heterocycles. The predicted octanol–water partition coefficient (Wildman–Crippen LogP) is 2.42. The van der Waals surface area contributed by atoms with Crippen molar-refractivity contribution >= 4 is 27.7 Å². The van der Waals surface area contributed by atoms with Crippen LogP contribution in [0.5, 0.6) is 0 Å². The first-order valence-corrected chi connectivity index (χ1v) is 6.53. The number of likely N-dealkylation sites (N-methyl/N-ethyl adjacent to an activating group) is 2. The van der Waals surface area contributed by atoms with Crippen LogP contribution in [0, 0.1) is 0 Å². The van der Waals surface area contributed by atoms with Crippen molar-refractivity contribution in [2.45, 2.75) is 18.4 Å². The number of pyridine rings is 1. The lowest BCUT2D eigenvalue weighted by Gasteiger charge is -2.31. The van der Waals surface area contributed by atoms with Crippen molar-refractivity contribution in [2.24, 2.45) is 0 Å². The minimum atomic E-state index is -0.866. The van der Waals surface area contributed by atoms with Gasteiger partial charge >= 0.3 is 6.09 Å². The zero-order chi connectivity index (χ0) is 13.3. The van der Waals surface area contributed by atoms with Gasteiger partial charge in [0.25, 0.3) is 0 Å². The number of carboxylic acid groups (broad SMARTS) is 1. The van der Waals surface area contributed by atoms with Crippen LogP contribution >= 0.6 is 15.9 Å². The second-order valence-corrected chi connectivity index (χ2v) is 5.57. The van der Waals surface area contributed by atoms with Gasteiger partial charge in [-0.05, 0) is 40.9 Å². The Morgan fingerprint density at radius 2 is 2.17 bits per heavy atom. The van der Waals surface area contributed by atoms with E-state index >= 15 is 0 Å². The molecule has 0 atom stereocenters. The smallest absolute Gasteiger partial charge is 0.407 e. The van der Waals surface area contributed by atoms with Gasteiger partial charge < -0.3 is 14.9 Å². The summed E-state index contributed by atoms with van der Waals surface area (Å²) in [6.45, 7) is 0.694. The summed E-state index contributed by atoms with van der Waals surface area (Å²) in [5.74, 6) is 0. The van der Waals surface area contributed by atoms with Gasteiger partial charge in [0.1, 0.15) is 4.60 Å². The number of amides is 1. The lowest BCUT2D eigenvalue weighted by atomic mass is 10.2. The molecular weight excluding hydrogens is 298 g/mol. The third kappa shape index (κ3) is 2.58. The Morgan fingerprint density at radius 3 is 2.61 bits per heavy atom. The highest BCUT2D eigenvalue weighted by Crippen LogP contribution is 2.42. The second-order valence-electron chi connectivity index (χ2n) is 4.76. The summed E-state index contributed by atoms with van der Waals surface area (Å²) < 4.78 is 0.795. The summed E-state index contributed by atoms with van der Waals surface area (Å²) in [4.78, 5) is 18.7. The molecule has 6 heteroatoms. The number of halogens is 1. The Morgan fingerprint density at radius 1 is 1.50 bits per heavy atom. The van der Waals surface area contributed by atoms with E-state index in [1.807, 2.05) is 24.1 Å². The number of nitrogens with zero attached hydrogens (tertiary/aromatic N) is 3. The van der Waals surface area contributed by atoms with Crippen LogP contribution in [-0.4, -0.2) is 47.3 Å². The lowest BCUT2D eigenvalue weighted by molar-refractivity contribution is 0.133. The Bertz CT molecular complexity index is 445. The summed E-state index contributed by atoms with van der Waals surface area (Å²) in [7, 11) is 3.60. The van der Waals surface area contributed by atoms with Gasteiger partial charge in [0.15, 0.2) is 0 Å². The standard InChI is InChI=1S/C12H16BrN3O2/c1-15(9-3-4-10(13)14-7-9)8-12(5-6-12)16(2)11(17)18/h3-4,7H,5-6,8H2,1-2H3,(H,17,18). The lowest BCUT2D eigenvalue weighted by Crippen LogP contribution is -2.45. The molecule has 1 N–H and O–H groups in total. The molecule has 0 saturated heterocycles. The Balaban J connectivity index is 2.05. The molecule has 1 amide bonds. The molecular formula is C12H16BrN3O2. The van der Waals surface area contributed by atoms with E-state index in [0.29, 0.717) is 6.54 Å². The van der Waals surface area contributed by atoms with Gasteiger partial charge in [-0.15, -0.1) is 0 Å². The largest absolute Gasteiger partial charge is 0.465 e. The average molecular weight is 314 g/mol. The van der Waals surface area contributed by atoms with E-state index < -0.39 is 6.09 Å². The Kier molecular flexibility index (Phi) is 3.47. The highest BCUT2D eigenvalue weighted by Gasteiger charge is 2.49. The van der Waals surface area contributed by atoms with Crippen molar-refractivity contribution in [3.05, 3.63) is 22.9 Å². The monoisotopic (exact) mass is 313 g/mol. The molecule has 1 heterocycles. The zero-order valence-corrected chi connectivity index (χ0v) is 12.0. The van der Waals surface area contributed by atoms with Gasteiger partial charge in [0.05, 0.1) is 17.4 Å². The van der Waals surface area contributed by atoms with Crippen LogP contribution in [0.2, 0.25) is 0 Å². The van der Waals surface area contributed by atoms with Gasteiger partial charge in [-0.1, -0.05) is 0 Å². The summed E-state index contributed by atoms with van der Waals surface area (Å²) in [6, 6.07) is 3.85. The predicted molar refractivity (Wildman–Crippen MR) is 73.0 cm³/mol. The van der Waals surface area contributed by atoms with Gasteiger partial charge in [-0.2, -0.15) is 0 Å². The minimum Gasteiger partial charge on any atom is -0.465 e. The Labute approximate surface area is 115 Å². The van der Waals surface area contributed by atoms with Crippen molar-refractivity contribution in [1.29, 1.82) is 0 Å². The van der Waals surface area contributed by atoms with E-state index in [1.54, 1.807) is 13.2 Å². The number of rotatable bonds is 4. The van der Waals surface area contributed by atoms with Crippen LogP contribution in [0.3, 0.4) is 0 Å². The maximum absolute atomic E-state index is 11.0. The van der Waals surface area contributed by atoms with E-state index in [0.717, 1.165) is 23.1 Å². The van der Waals surface area contributed by atoms with Gasteiger partial charge in [-0.25, -0.2) is 9.78 Å². The molecule has 0 bridgehead atoms. The fraction of sp³-hybridized carbons (Fsp3) is 0.500. The van der Waals surface area contributed by atoms with Crippen LogP contribution in [0.4, 0.5) is 10.5 Å². The second kappa shape index (κ2) is 4.76. The number of hydrogen-bond donors (Lipinski definition) is 1. The summed E-state index contributed by atoms with van der Waals surface area (Å²) in [5.41, 5.74) is 0.761. The van der Waals surface area contributed by atoms with E-state index in [4.69, 9.17) is 5.11 Å². The van der Waals surface area contributed by atoms with Gasteiger partial charge in [0.2, 0.25) is 0 Å². The van der Waals surface area contributed by atoms with Gasteiger partial charge in [0, 0.05) is 20.6 Å². The molecule has 5 nitrogen and oxygen atoms in total. The van der Waals surface area contributed by atoms with Crippen LogP contribution in [-0.2, 0) is 0 Å². The molecule has 18 heavy (non-hydrogen) atoms. The average Bonchev–Trinajstić information content (AvgIpc) is 3.09. The number of carbonyl (C=O) groups is 1. The molecule has 1 aromatic rings. The van der Waals surface area contributed by atoms with E-state index in [9.17, 15) is 4.79 Å². The van der Waals surface area contributed by atoms with Crippen LogP contribution in [0.25, 0.3) is 0 Å². The van der Waals surface area contributed by atoms with Crippen LogP contribution in [0.15, 0.2) is 22.9 Å². The quantitative estimate of drug-likeness (QED) is 0.867. The molecule has 0 radical (unpaired) electrons. The molecule has 2 rings (SSSR count). The topological polar surface area (TPSA) is 56.7 Å². The van der Waals surface area contributed by atoms with Crippen molar-refractivity contribution in [1.82, 2.24) is 9.88 Å². The summed E-state index contributed by atoms with van der Waals surface area (Å²) in [5, 5.41) is 9.07. The SMILES string of the molecule is CN(CC1(N(C)C(=O)O)CC1)c1ccc(Br)nc1. The summed E-state index contributed by atoms with van der Waals surface area (Å²) >= 11 is 3.30. The number of anilines is 1. The van der Waals surface area contributed by atoms with Crippen LogP contribution < -0.4 is 4.90 Å². The first-order chi connectivity index (χ1) is 8.44. The maximum atomic E-state index is 11.0. The van der Waals surface area contributed by atoms with E-state index in [-0.39, 0.29) is 5.54 Å². The third-order valence-electron chi connectivity index (χ3n) is 3.51. The highest BCUT2D eigenvalue weighted by atomic mass is 79.9. The van der Waals surface area contributed by atoms with E-state index in [1.165, 1.54) is 4.90 Å². The maximum Gasteiger partial charge on any atom is 0.407 e. The molecule has 1 fully saturated rings. The molecule has 1 aliphatic carbocycles. The first kappa shape index (κ1) is 13.1. The number of aromatic nitrogens is 1. The Hall–Kier alpha value is -1.30. The van der Waals surface area contributed by atoms with E-state index in [2.05, 4.69) is 20.9 Å². The van der Waals surface area contributed by atoms with Crippen molar-refractivity contribution in [3.8, 4) is 0 Å².